The summed E-state index contributed by atoms with van der Waals surface area (Å²) in [6, 6.07) is 7.32. The van der Waals surface area contributed by atoms with Crippen LogP contribution >= 0.6 is 0 Å². The van der Waals surface area contributed by atoms with Gasteiger partial charge in [-0.25, -0.2) is 9.78 Å². The second-order valence-corrected chi connectivity index (χ2v) is 4.08. The molecule has 6 heteroatoms. The smallest absolute Gasteiger partial charge is 0.345 e. The van der Waals surface area contributed by atoms with Crippen LogP contribution in [-0.4, -0.2) is 29.7 Å². The second kappa shape index (κ2) is 6.01. The quantitative estimate of drug-likeness (QED) is 0.780. The van der Waals surface area contributed by atoms with Gasteiger partial charge in [0.05, 0.1) is 27.1 Å². The zero-order valence-corrected chi connectivity index (χ0v) is 11.2. The third-order valence-electron chi connectivity index (χ3n) is 2.79. The summed E-state index contributed by atoms with van der Waals surface area (Å²) >= 11 is 0. The molecule has 1 aromatic carbocycles. The molecule has 0 N–H and O–H groups in total. The van der Waals surface area contributed by atoms with Crippen molar-refractivity contribution in [1.82, 2.24) is 9.55 Å². The fourth-order valence-corrected chi connectivity index (χ4v) is 1.78. The summed E-state index contributed by atoms with van der Waals surface area (Å²) in [6.07, 6.45) is 2.59. The molecule has 20 heavy (non-hydrogen) atoms. The van der Waals surface area contributed by atoms with E-state index in [2.05, 4.69) is 9.72 Å². The Bertz CT molecular complexity index is 679. The van der Waals surface area contributed by atoms with Crippen LogP contribution in [0.4, 0.5) is 0 Å². The van der Waals surface area contributed by atoms with Gasteiger partial charge in [-0.05, 0) is 17.7 Å². The number of aromatic nitrogens is 2. The number of benzene rings is 1. The first-order chi connectivity index (χ1) is 9.65. The van der Waals surface area contributed by atoms with Crippen LogP contribution in [0.15, 0.2) is 41.6 Å². The molecule has 1 aromatic heterocycles. The second-order valence-electron chi connectivity index (χ2n) is 4.08. The Balaban J connectivity index is 2.34. The molecule has 0 fully saturated rings. The molecular weight excluding hydrogens is 260 g/mol. The van der Waals surface area contributed by atoms with Gasteiger partial charge in [-0.3, -0.25) is 9.36 Å². The van der Waals surface area contributed by atoms with Gasteiger partial charge in [0.2, 0.25) is 0 Å². The topological polar surface area (TPSA) is 70.4 Å². The lowest BCUT2D eigenvalue weighted by molar-refractivity contribution is 0.0597. The zero-order valence-electron chi connectivity index (χ0n) is 11.2. The third kappa shape index (κ3) is 2.85. The fourth-order valence-electron chi connectivity index (χ4n) is 1.78. The van der Waals surface area contributed by atoms with E-state index in [1.165, 1.54) is 24.2 Å². The molecule has 0 saturated carbocycles. The van der Waals surface area contributed by atoms with Crippen molar-refractivity contribution >= 4 is 5.97 Å². The monoisotopic (exact) mass is 274 g/mol. The molecule has 2 rings (SSSR count). The lowest BCUT2D eigenvalue weighted by Crippen LogP contribution is -2.27. The number of hydrogen-bond acceptors (Lipinski definition) is 5. The summed E-state index contributed by atoms with van der Waals surface area (Å²) in [5.74, 6) is 0.00937. The van der Waals surface area contributed by atoms with E-state index in [0.717, 1.165) is 5.56 Å². The summed E-state index contributed by atoms with van der Waals surface area (Å²) in [7, 11) is 2.80. The summed E-state index contributed by atoms with van der Waals surface area (Å²) in [5.41, 5.74) is 0.350. The van der Waals surface area contributed by atoms with Crippen molar-refractivity contribution in [2.24, 2.45) is 0 Å². The Morgan fingerprint density at radius 1 is 1.35 bits per heavy atom. The molecule has 0 aliphatic heterocycles. The van der Waals surface area contributed by atoms with Crippen molar-refractivity contribution in [3.8, 4) is 5.75 Å². The number of ether oxygens (including phenoxy) is 2. The van der Waals surface area contributed by atoms with Gasteiger partial charge in [-0.1, -0.05) is 12.1 Å². The molecule has 2 aromatic rings. The van der Waals surface area contributed by atoms with E-state index in [4.69, 9.17) is 4.74 Å². The first kappa shape index (κ1) is 13.8. The van der Waals surface area contributed by atoms with Crippen LogP contribution in [0.25, 0.3) is 0 Å². The van der Waals surface area contributed by atoms with Crippen molar-refractivity contribution in [3.05, 3.63) is 58.3 Å². The average Bonchev–Trinajstić information content (AvgIpc) is 2.49. The van der Waals surface area contributed by atoms with Crippen molar-refractivity contribution in [3.63, 3.8) is 0 Å². The minimum atomic E-state index is -0.692. The first-order valence-corrected chi connectivity index (χ1v) is 5.91. The Kier molecular flexibility index (Phi) is 4.14. The predicted octanol–water partition coefficient (Wildman–Crippen LogP) is 1.09. The highest BCUT2D eigenvalue weighted by molar-refractivity contribution is 5.88. The Labute approximate surface area is 115 Å². The van der Waals surface area contributed by atoms with E-state index in [0.29, 0.717) is 12.3 Å². The molecule has 0 aliphatic rings. The van der Waals surface area contributed by atoms with Gasteiger partial charge >= 0.3 is 5.97 Å². The van der Waals surface area contributed by atoms with Crippen LogP contribution in [-0.2, 0) is 11.3 Å². The van der Waals surface area contributed by atoms with Gasteiger partial charge in [-0.2, -0.15) is 0 Å². The summed E-state index contributed by atoms with van der Waals surface area (Å²) in [6.45, 7) is 0.299. The SMILES string of the molecule is COC(=O)c1cncn(Cc2cccc(OC)c2)c1=O. The summed E-state index contributed by atoms with van der Waals surface area (Å²) in [5, 5.41) is 0. The van der Waals surface area contributed by atoms with E-state index in [1.807, 2.05) is 24.3 Å². The lowest BCUT2D eigenvalue weighted by atomic mass is 10.2. The van der Waals surface area contributed by atoms with Gasteiger partial charge in [-0.15, -0.1) is 0 Å². The zero-order chi connectivity index (χ0) is 14.5. The highest BCUT2D eigenvalue weighted by Crippen LogP contribution is 2.13. The van der Waals surface area contributed by atoms with Crippen LogP contribution < -0.4 is 10.3 Å². The predicted molar refractivity (Wildman–Crippen MR) is 71.9 cm³/mol. The summed E-state index contributed by atoms with van der Waals surface area (Å²) < 4.78 is 11.0. The molecule has 0 saturated heterocycles. The molecule has 0 radical (unpaired) electrons. The fraction of sp³-hybridized carbons (Fsp3) is 0.214. The molecule has 0 spiro atoms. The number of esters is 1. The molecule has 104 valence electrons. The highest BCUT2D eigenvalue weighted by Gasteiger charge is 2.13. The first-order valence-electron chi connectivity index (χ1n) is 5.91. The van der Waals surface area contributed by atoms with Crippen molar-refractivity contribution in [2.75, 3.05) is 14.2 Å². The third-order valence-corrected chi connectivity index (χ3v) is 2.79. The molecule has 1 heterocycles. The number of carbonyl (C=O) groups is 1. The van der Waals surface area contributed by atoms with Gasteiger partial charge < -0.3 is 9.47 Å². The Hall–Kier alpha value is -2.63. The van der Waals surface area contributed by atoms with Crippen LogP contribution in [0.3, 0.4) is 0 Å². The minimum Gasteiger partial charge on any atom is -0.497 e. The largest absolute Gasteiger partial charge is 0.497 e. The van der Waals surface area contributed by atoms with E-state index in [9.17, 15) is 9.59 Å². The number of carbonyl (C=O) groups excluding carboxylic acids is 1. The van der Waals surface area contributed by atoms with Crippen molar-refractivity contribution < 1.29 is 14.3 Å². The van der Waals surface area contributed by atoms with Gasteiger partial charge in [0, 0.05) is 6.20 Å². The van der Waals surface area contributed by atoms with Crippen LogP contribution in [0.5, 0.6) is 5.75 Å². The van der Waals surface area contributed by atoms with Gasteiger partial charge in [0.1, 0.15) is 11.3 Å². The molecular formula is C14H14N2O4. The molecule has 0 atom stereocenters. The van der Waals surface area contributed by atoms with Crippen LogP contribution in [0, 0.1) is 0 Å². The molecule has 0 unspecified atom stereocenters. The minimum absolute atomic E-state index is 0.0853. The van der Waals surface area contributed by atoms with E-state index < -0.39 is 11.5 Å². The standard InChI is InChI=1S/C14H14N2O4/c1-19-11-5-3-4-10(6-11)8-16-9-15-7-12(13(16)17)14(18)20-2/h3-7,9H,8H2,1-2H3. The molecule has 0 aliphatic carbocycles. The van der Waals surface area contributed by atoms with E-state index in [1.54, 1.807) is 7.11 Å². The lowest BCUT2D eigenvalue weighted by Gasteiger charge is -2.08. The Morgan fingerprint density at radius 2 is 2.15 bits per heavy atom. The van der Waals surface area contributed by atoms with Crippen molar-refractivity contribution in [1.29, 1.82) is 0 Å². The average molecular weight is 274 g/mol. The van der Waals surface area contributed by atoms with Crippen molar-refractivity contribution in [2.45, 2.75) is 6.54 Å². The Morgan fingerprint density at radius 3 is 2.85 bits per heavy atom. The number of hydrogen-bond donors (Lipinski definition) is 0. The normalized spacial score (nSPS) is 10.1. The maximum Gasteiger partial charge on any atom is 0.345 e. The highest BCUT2D eigenvalue weighted by atomic mass is 16.5. The van der Waals surface area contributed by atoms with Gasteiger partial charge in [0.25, 0.3) is 5.56 Å². The number of rotatable bonds is 4. The van der Waals surface area contributed by atoms with Crippen LogP contribution in [0.1, 0.15) is 15.9 Å². The maximum atomic E-state index is 12.1. The van der Waals surface area contributed by atoms with Crippen LogP contribution in [0.2, 0.25) is 0 Å². The maximum absolute atomic E-state index is 12.1. The molecule has 0 bridgehead atoms. The molecule has 6 nitrogen and oxygen atoms in total. The molecule has 0 amide bonds. The van der Waals surface area contributed by atoms with Gasteiger partial charge in [0.15, 0.2) is 0 Å². The summed E-state index contributed by atoms with van der Waals surface area (Å²) in [4.78, 5) is 27.4. The number of methoxy groups -OCH3 is 2. The van der Waals surface area contributed by atoms with E-state index in [-0.39, 0.29) is 5.56 Å². The number of nitrogens with zero attached hydrogens (tertiary/aromatic N) is 2. The van der Waals surface area contributed by atoms with E-state index >= 15 is 0 Å².